The third-order valence-corrected chi connectivity index (χ3v) is 2.44. The summed E-state index contributed by atoms with van der Waals surface area (Å²) in [5.41, 5.74) is 0.229. The van der Waals surface area contributed by atoms with Crippen LogP contribution in [0.15, 0.2) is 22.9 Å². The Morgan fingerprint density at radius 3 is 2.82 bits per heavy atom. The third kappa shape index (κ3) is 2.75. The zero-order valence-electron chi connectivity index (χ0n) is 8.70. The summed E-state index contributed by atoms with van der Waals surface area (Å²) >= 11 is 11.5. The van der Waals surface area contributed by atoms with Crippen molar-refractivity contribution >= 4 is 34.9 Å². The zero-order valence-corrected chi connectivity index (χ0v) is 10.2. The van der Waals surface area contributed by atoms with Crippen LogP contribution >= 0.6 is 23.2 Å². The predicted molar refractivity (Wildman–Crippen MR) is 63.5 cm³/mol. The molecule has 2 rings (SSSR count). The molecule has 17 heavy (non-hydrogen) atoms. The van der Waals surface area contributed by atoms with Crippen molar-refractivity contribution in [3.8, 4) is 0 Å². The second-order valence-corrected chi connectivity index (χ2v) is 4.06. The Hall–Kier alpha value is -1.59. The molecule has 2 heterocycles. The van der Waals surface area contributed by atoms with Gasteiger partial charge in [-0.05, 0) is 13.0 Å². The Labute approximate surface area is 107 Å². The lowest BCUT2D eigenvalue weighted by molar-refractivity contribution is 0.102. The molecule has 0 aromatic carbocycles. The molecule has 0 fully saturated rings. The summed E-state index contributed by atoms with van der Waals surface area (Å²) in [6.45, 7) is 1.72. The van der Waals surface area contributed by atoms with Crippen LogP contribution in [0, 0.1) is 6.92 Å². The average Bonchev–Trinajstić information content (AvgIpc) is 2.67. The van der Waals surface area contributed by atoms with Crippen molar-refractivity contribution < 1.29 is 9.32 Å². The summed E-state index contributed by atoms with van der Waals surface area (Å²) in [6, 6.07) is 2.97. The SMILES string of the molecule is Cc1cc(NC(=O)c2cc(Cl)ncc2Cl)no1. The molecule has 5 nitrogen and oxygen atoms in total. The number of nitrogens with one attached hydrogen (secondary N) is 1. The number of aromatic nitrogens is 2. The number of aryl methyl sites for hydroxylation is 1. The molecule has 1 amide bonds. The molecule has 7 heteroatoms. The van der Waals surface area contributed by atoms with E-state index in [0.717, 1.165) is 0 Å². The Bertz CT molecular complexity index is 568. The fourth-order valence-electron chi connectivity index (χ4n) is 1.20. The van der Waals surface area contributed by atoms with Crippen LogP contribution in [0.4, 0.5) is 5.82 Å². The summed E-state index contributed by atoms with van der Waals surface area (Å²) < 4.78 is 4.82. The summed E-state index contributed by atoms with van der Waals surface area (Å²) in [4.78, 5) is 15.6. The van der Waals surface area contributed by atoms with Crippen LogP contribution in [-0.2, 0) is 0 Å². The second-order valence-electron chi connectivity index (χ2n) is 3.26. The largest absolute Gasteiger partial charge is 0.360 e. The van der Waals surface area contributed by atoms with Crippen LogP contribution in [0.2, 0.25) is 10.2 Å². The van der Waals surface area contributed by atoms with E-state index in [4.69, 9.17) is 27.7 Å². The molecular formula is C10H7Cl2N3O2. The Balaban J connectivity index is 2.22. The van der Waals surface area contributed by atoms with Gasteiger partial charge in [0.2, 0.25) is 0 Å². The number of carbonyl (C=O) groups is 1. The van der Waals surface area contributed by atoms with Crippen LogP contribution < -0.4 is 5.32 Å². The number of amides is 1. The van der Waals surface area contributed by atoms with Crippen molar-refractivity contribution in [2.45, 2.75) is 6.92 Å². The molecule has 1 N–H and O–H groups in total. The van der Waals surface area contributed by atoms with Gasteiger partial charge in [-0.3, -0.25) is 4.79 Å². The van der Waals surface area contributed by atoms with E-state index in [1.54, 1.807) is 13.0 Å². The van der Waals surface area contributed by atoms with Gasteiger partial charge in [-0.25, -0.2) is 4.98 Å². The van der Waals surface area contributed by atoms with E-state index in [2.05, 4.69) is 15.5 Å². The number of nitrogens with zero attached hydrogens (tertiary/aromatic N) is 2. The number of anilines is 1. The van der Waals surface area contributed by atoms with Gasteiger partial charge in [-0.15, -0.1) is 0 Å². The summed E-state index contributed by atoms with van der Waals surface area (Å²) in [5.74, 6) is 0.489. The Morgan fingerprint density at radius 1 is 1.41 bits per heavy atom. The van der Waals surface area contributed by atoms with Gasteiger partial charge in [0.15, 0.2) is 5.82 Å². The molecule has 0 unspecified atom stereocenters. The Morgan fingerprint density at radius 2 is 2.18 bits per heavy atom. The standard InChI is InChI=1S/C10H7Cl2N3O2/c1-5-2-9(15-17-5)14-10(16)6-3-8(12)13-4-7(6)11/h2-4H,1H3,(H,14,15,16). The minimum atomic E-state index is -0.424. The lowest BCUT2D eigenvalue weighted by Crippen LogP contribution is -2.12. The molecule has 0 bridgehead atoms. The first-order valence-corrected chi connectivity index (χ1v) is 5.37. The van der Waals surface area contributed by atoms with Crippen LogP contribution in [0.3, 0.4) is 0 Å². The van der Waals surface area contributed by atoms with Crippen molar-refractivity contribution in [2.75, 3.05) is 5.32 Å². The smallest absolute Gasteiger partial charge is 0.258 e. The molecule has 0 aliphatic rings. The van der Waals surface area contributed by atoms with Crippen LogP contribution in [0.25, 0.3) is 0 Å². The summed E-state index contributed by atoms with van der Waals surface area (Å²) in [6.07, 6.45) is 1.31. The maximum Gasteiger partial charge on any atom is 0.258 e. The number of rotatable bonds is 2. The van der Waals surface area contributed by atoms with Gasteiger partial charge in [0, 0.05) is 12.3 Å². The van der Waals surface area contributed by atoms with Gasteiger partial charge in [-0.1, -0.05) is 28.4 Å². The summed E-state index contributed by atoms with van der Waals surface area (Å²) in [7, 11) is 0. The molecule has 0 aliphatic heterocycles. The minimum absolute atomic E-state index is 0.191. The highest BCUT2D eigenvalue weighted by Crippen LogP contribution is 2.19. The first-order chi connectivity index (χ1) is 8.06. The number of hydrogen-bond donors (Lipinski definition) is 1. The number of halogens is 2. The number of carbonyl (C=O) groups excluding carboxylic acids is 1. The monoisotopic (exact) mass is 271 g/mol. The number of hydrogen-bond acceptors (Lipinski definition) is 4. The van der Waals surface area contributed by atoms with Gasteiger partial charge in [0.25, 0.3) is 5.91 Å². The van der Waals surface area contributed by atoms with Crippen LogP contribution in [0.1, 0.15) is 16.1 Å². The molecule has 0 saturated heterocycles. The molecule has 0 saturated carbocycles. The third-order valence-electron chi connectivity index (χ3n) is 1.94. The maximum atomic E-state index is 11.8. The lowest BCUT2D eigenvalue weighted by Gasteiger charge is -2.03. The van der Waals surface area contributed by atoms with Gasteiger partial charge in [-0.2, -0.15) is 0 Å². The summed E-state index contributed by atoms with van der Waals surface area (Å²) in [5, 5.41) is 6.57. The second kappa shape index (κ2) is 4.73. The molecular weight excluding hydrogens is 265 g/mol. The highest BCUT2D eigenvalue weighted by atomic mass is 35.5. The molecule has 88 valence electrons. The van der Waals surface area contributed by atoms with E-state index in [1.807, 2.05) is 0 Å². The van der Waals surface area contributed by atoms with Crippen molar-refractivity contribution in [3.63, 3.8) is 0 Å². The first kappa shape index (κ1) is 11.9. The van der Waals surface area contributed by atoms with Gasteiger partial charge in [0.05, 0.1) is 10.6 Å². The molecule has 0 spiro atoms. The van der Waals surface area contributed by atoms with Crippen molar-refractivity contribution in [1.29, 1.82) is 0 Å². The van der Waals surface area contributed by atoms with E-state index in [-0.39, 0.29) is 15.7 Å². The quantitative estimate of drug-likeness (QED) is 0.853. The van der Waals surface area contributed by atoms with E-state index in [1.165, 1.54) is 12.3 Å². The van der Waals surface area contributed by atoms with Gasteiger partial charge >= 0.3 is 0 Å². The first-order valence-electron chi connectivity index (χ1n) is 4.62. The average molecular weight is 272 g/mol. The minimum Gasteiger partial charge on any atom is -0.360 e. The molecule has 2 aromatic rings. The fourth-order valence-corrected chi connectivity index (χ4v) is 1.54. The Kier molecular flexibility index (Phi) is 3.31. The predicted octanol–water partition coefficient (Wildman–Crippen LogP) is 2.94. The van der Waals surface area contributed by atoms with Gasteiger partial charge in [0.1, 0.15) is 10.9 Å². The zero-order chi connectivity index (χ0) is 12.4. The van der Waals surface area contributed by atoms with Crippen molar-refractivity contribution in [2.24, 2.45) is 0 Å². The normalized spacial score (nSPS) is 10.3. The molecule has 0 radical (unpaired) electrons. The van der Waals surface area contributed by atoms with Crippen LogP contribution in [-0.4, -0.2) is 16.0 Å². The molecule has 2 aromatic heterocycles. The topological polar surface area (TPSA) is 68.0 Å². The van der Waals surface area contributed by atoms with E-state index in [9.17, 15) is 4.79 Å². The maximum absolute atomic E-state index is 11.8. The van der Waals surface area contributed by atoms with Crippen molar-refractivity contribution in [3.05, 3.63) is 39.8 Å². The number of pyridine rings is 1. The van der Waals surface area contributed by atoms with Crippen LogP contribution in [0.5, 0.6) is 0 Å². The van der Waals surface area contributed by atoms with E-state index >= 15 is 0 Å². The van der Waals surface area contributed by atoms with Gasteiger partial charge < -0.3 is 9.84 Å². The lowest BCUT2D eigenvalue weighted by atomic mass is 10.2. The molecule has 0 aliphatic carbocycles. The highest BCUT2D eigenvalue weighted by molar-refractivity contribution is 6.35. The highest BCUT2D eigenvalue weighted by Gasteiger charge is 2.13. The van der Waals surface area contributed by atoms with E-state index < -0.39 is 5.91 Å². The molecule has 0 atom stereocenters. The van der Waals surface area contributed by atoms with E-state index in [0.29, 0.717) is 11.6 Å². The van der Waals surface area contributed by atoms with Crippen molar-refractivity contribution in [1.82, 2.24) is 10.1 Å². The fraction of sp³-hybridized carbons (Fsp3) is 0.100.